The molecule has 1 amide bonds. The summed E-state index contributed by atoms with van der Waals surface area (Å²) >= 11 is 6.50. The van der Waals surface area contributed by atoms with Gasteiger partial charge in [0.25, 0.3) is 12.0 Å². The number of hydrogen-bond acceptors (Lipinski definition) is 3. The summed E-state index contributed by atoms with van der Waals surface area (Å²) in [5.74, 6) is -1.27. The molecule has 0 radical (unpaired) electrons. The van der Waals surface area contributed by atoms with Crippen LogP contribution in [0.4, 0.5) is 18.9 Å². The molecule has 0 spiro atoms. The molecule has 158 valence electrons. The first-order valence-electron chi connectivity index (χ1n) is 8.75. The minimum atomic E-state index is -2.71. The van der Waals surface area contributed by atoms with E-state index in [1.807, 2.05) is 13.8 Å². The van der Waals surface area contributed by atoms with Gasteiger partial charge < -0.3 is 9.88 Å². The van der Waals surface area contributed by atoms with Crippen molar-refractivity contribution in [1.82, 2.24) is 4.57 Å². The number of hydrogen-bond donors (Lipinski definition) is 1. The van der Waals surface area contributed by atoms with Crippen molar-refractivity contribution in [1.29, 1.82) is 0 Å². The number of halogens is 4. The van der Waals surface area contributed by atoms with Gasteiger partial charge >= 0.3 is 0 Å². The highest BCUT2D eigenvalue weighted by molar-refractivity contribution is 7.98. The molecule has 0 saturated carbocycles. The normalized spacial score (nSPS) is 12.7. The largest absolute Gasteiger partial charge is 0.324 e. The van der Waals surface area contributed by atoms with Gasteiger partial charge in [-0.05, 0) is 37.7 Å². The molecule has 1 unspecified atom stereocenters. The molecule has 1 N–H and O–H groups in total. The van der Waals surface area contributed by atoms with Crippen molar-refractivity contribution in [2.75, 3.05) is 11.6 Å². The van der Waals surface area contributed by atoms with Crippen molar-refractivity contribution >= 4 is 35.0 Å². The zero-order valence-electron chi connectivity index (χ0n) is 16.3. The Morgan fingerprint density at radius 1 is 1.39 bits per heavy atom. The van der Waals surface area contributed by atoms with E-state index >= 15 is 0 Å². The van der Waals surface area contributed by atoms with Gasteiger partial charge in [-0.2, -0.15) is 0 Å². The number of allylic oxidation sites excluding steroid dienone is 1. The number of nitrogens with zero attached hydrogens (tertiary/aromatic N) is 1. The molecule has 9 heteroatoms. The van der Waals surface area contributed by atoms with Crippen molar-refractivity contribution in [2.45, 2.75) is 51.5 Å². The Labute approximate surface area is 172 Å². The molecular weight excluding hydrogens is 413 g/mol. The summed E-state index contributed by atoms with van der Waals surface area (Å²) in [6.07, 6.45) is 2.91. The van der Waals surface area contributed by atoms with E-state index < -0.39 is 30.4 Å². The lowest BCUT2D eigenvalue weighted by Gasteiger charge is -2.16. The first-order valence-corrected chi connectivity index (χ1v) is 10.4. The van der Waals surface area contributed by atoms with Gasteiger partial charge in [-0.15, -0.1) is 11.8 Å². The standard InChI is InChI=1S/C17H20ClF3N2O2S.C2H6/c1-11(12(8-19)5-3-4-6-18)16(24)22-13-7-14(26-2)17(25)23(9-13)10-15(20)21;1-2/h4,6-9,11,15H,3,5,10H2,1-2H3,(H,22,24);1-2H3/b6-4+,12-8+;. The van der Waals surface area contributed by atoms with Gasteiger partial charge in [-0.25, -0.2) is 13.2 Å². The number of amides is 1. The second-order valence-corrected chi connectivity index (χ2v) is 6.54. The van der Waals surface area contributed by atoms with Crippen LogP contribution >= 0.6 is 23.4 Å². The third-order valence-electron chi connectivity index (χ3n) is 3.65. The number of rotatable bonds is 9. The molecule has 1 heterocycles. The maximum absolute atomic E-state index is 13.1. The molecule has 4 nitrogen and oxygen atoms in total. The van der Waals surface area contributed by atoms with Gasteiger partial charge in [0.05, 0.1) is 29.4 Å². The molecule has 0 aromatic carbocycles. The molecule has 28 heavy (non-hydrogen) atoms. The third-order valence-corrected chi connectivity index (χ3v) is 4.56. The fraction of sp³-hybridized carbons (Fsp3) is 0.474. The maximum Gasteiger partial charge on any atom is 0.264 e. The summed E-state index contributed by atoms with van der Waals surface area (Å²) in [6.45, 7) is 4.77. The Hall–Kier alpha value is -1.67. The molecular formula is C19H26ClF3N2O2S. The van der Waals surface area contributed by atoms with E-state index in [1.54, 1.807) is 12.3 Å². The highest BCUT2D eigenvalue weighted by Crippen LogP contribution is 2.21. The number of pyridine rings is 1. The lowest BCUT2D eigenvalue weighted by atomic mass is 9.97. The molecule has 1 rings (SSSR count). The molecule has 0 aliphatic heterocycles. The van der Waals surface area contributed by atoms with Crippen molar-refractivity contribution in [3.8, 4) is 0 Å². The van der Waals surface area contributed by atoms with Crippen LogP contribution in [0.25, 0.3) is 0 Å². The molecule has 0 saturated heterocycles. The van der Waals surface area contributed by atoms with E-state index in [1.165, 1.54) is 18.5 Å². The van der Waals surface area contributed by atoms with Gasteiger partial charge in [0.1, 0.15) is 0 Å². The number of alkyl halides is 2. The van der Waals surface area contributed by atoms with Gasteiger partial charge in [-0.1, -0.05) is 31.5 Å². The van der Waals surface area contributed by atoms with Crippen LogP contribution in [0.15, 0.2) is 45.5 Å². The Balaban J connectivity index is 0.00000352. The number of anilines is 1. The zero-order chi connectivity index (χ0) is 21.7. The van der Waals surface area contributed by atoms with E-state index in [2.05, 4.69) is 5.32 Å². The van der Waals surface area contributed by atoms with E-state index in [0.29, 0.717) is 19.2 Å². The Kier molecular flexibility index (Phi) is 13.5. The van der Waals surface area contributed by atoms with Crippen LogP contribution in [0.3, 0.4) is 0 Å². The smallest absolute Gasteiger partial charge is 0.264 e. The summed E-state index contributed by atoms with van der Waals surface area (Å²) in [5.41, 5.74) is 1.24. The summed E-state index contributed by atoms with van der Waals surface area (Å²) in [5, 5.41) is 2.55. The molecule has 1 atom stereocenters. The molecule has 0 aliphatic rings. The molecule has 1 aromatic heterocycles. The van der Waals surface area contributed by atoms with Gasteiger partial charge in [0.2, 0.25) is 5.91 Å². The zero-order valence-corrected chi connectivity index (χ0v) is 17.9. The van der Waals surface area contributed by atoms with E-state index in [9.17, 15) is 22.8 Å². The number of thioether (sulfide) groups is 1. The van der Waals surface area contributed by atoms with Gasteiger partial charge in [-0.3, -0.25) is 9.59 Å². The van der Waals surface area contributed by atoms with Crippen molar-refractivity contribution in [2.24, 2.45) is 5.92 Å². The van der Waals surface area contributed by atoms with Crippen LogP contribution in [0.1, 0.15) is 33.6 Å². The van der Waals surface area contributed by atoms with Crippen molar-refractivity contribution < 1.29 is 18.0 Å². The van der Waals surface area contributed by atoms with Crippen LogP contribution < -0.4 is 10.9 Å². The van der Waals surface area contributed by atoms with Crippen LogP contribution in [0.5, 0.6) is 0 Å². The van der Waals surface area contributed by atoms with Gasteiger partial charge in [0.15, 0.2) is 0 Å². The number of nitrogens with one attached hydrogen (secondary N) is 1. The Bertz CT molecular complexity index is 736. The van der Waals surface area contributed by atoms with Crippen LogP contribution in [0, 0.1) is 5.92 Å². The van der Waals surface area contributed by atoms with Crippen LogP contribution in [-0.2, 0) is 11.3 Å². The van der Waals surface area contributed by atoms with Crippen LogP contribution in [-0.4, -0.2) is 23.2 Å². The first kappa shape index (κ1) is 26.3. The summed E-state index contributed by atoms with van der Waals surface area (Å²) in [7, 11) is 0. The lowest BCUT2D eigenvalue weighted by molar-refractivity contribution is -0.118. The Morgan fingerprint density at radius 2 is 2.04 bits per heavy atom. The first-order chi connectivity index (χ1) is 13.3. The number of carbonyl (C=O) groups is 1. The molecule has 0 bridgehead atoms. The summed E-state index contributed by atoms with van der Waals surface area (Å²) in [4.78, 5) is 24.6. The minimum Gasteiger partial charge on any atom is -0.324 e. The van der Waals surface area contributed by atoms with E-state index in [4.69, 9.17) is 11.6 Å². The average molecular weight is 439 g/mol. The highest BCUT2D eigenvalue weighted by Gasteiger charge is 2.19. The topological polar surface area (TPSA) is 51.1 Å². The molecule has 0 aliphatic carbocycles. The minimum absolute atomic E-state index is 0.199. The van der Waals surface area contributed by atoms with E-state index in [0.717, 1.165) is 22.5 Å². The number of aromatic nitrogens is 1. The fourth-order valence-electron chi connectivity index (χ4n) is 2.20. The van der Waals surface area contributed by atoms with Crippen molar-refractivity contribution in [3.05, 3.63) is 46.1 Å². The third kappa shape index (κ3) is 8.56. The quantitative estimate of drug-likeness (QED) is 0.494. The second-order valence-electron chi connectivity index (χ2n) is 5.44. The van der Waals surface area contributed by atoms with Crippen molar-refractivity contribution in [3.63, 3.8) is 0 Å². The van der Waals surface area contributed by atoms with Gasteiger partial charge in [0, 0.05) is 11.7 Å². The summed E-state index contributed by atoms with van der Waals surface area (Å²) < 4.78 is 39.2. The maximum atomic E-state index is 13.1. The summed E-state index contributed by atoms with van der Waals surface area (Å²) in [6, 6.07) is 1.41. The molecule has 1 aromatic rings. The van der Waals surface area contributed by atoms with E-state index in [-0.39, 0.29) is 16.2 Å². The Morgan fingerprint density at radius 3 is 2.54 bits per heavy atom. The SMILES string of the molecule is CC.CSc1cc(NC(=O)C(C)/C(=C/F)CC/C=C/Cl)cn(CC(F)F)c1=O. The second kappa shape index (κ2) is 14.3. The highest BCUT2D eigenvalue weighted by atomic mass is 35.5. The monoisotopic (exact) mass is 438 g/mol. The predicted molar refractivity (Wildman–Crippen MR) is 111 cm³/mol. The number of carbonyl (C=O) groups excluding carboxylic acids is 1. The fourth-order valence-corrected chi connectivity index (χ4v) is 2.87. The predicted octanol–water partition coefficient (Wildman–Crippen LogP) is 5.82. The molecule has 0 fully saturated rings. The van der Waals surface area contributed by atoms with Crippen LogP contribution in [0.2, 0.25) is 0 Å². The lowest BCUT2D eigenvalue weighted by Crippen LogP contribution is -2.27. The average Bonchev–Trinajstić information content (AvgIpc) is 2.68.